The molecule has 242 valence electrons. The van der Waals surface area contributed by atoms with Gasteiger partial charge in [0, 0.05) is 22.5 Å². The molecule has 0 N–H and O–H groups in total. The van der Waals surface area contributed by atoms with Crippen molar-refractivity contribution in [1.82, 2.24) is 14.3 Å². The van der Waals surface area contributed by atoms with Crippen molar-refractivity contribution >= 4 is 34.5 Å². The van der Waals surface area contributed by atoms with Gasteiger partial charge in [-0.25, -0.2) is 9.59 Å². The maximum atomic E-state index is 13.4. The summed E-state index contributed by atoms with van der Waals surface area (Å²) < 4.78 is 21.1. The van der Waals surface area contributed by atoms with Crippen LogP contribution in [0, 0.1) is 6.92 Å². The third-order valence-electron chi connectivity index (χ3n) is 9.19. The monoisotopic (exact) mass is 623 g/mol. The molecule has 2 aromatic carbocycles. The molecular weight excluding hydrogens is 578 g/mol. The molecule has 4 aromatic rings. The van der Waals surface area contributed by atoms with E-state index in [1.165, 1.54) is 31.9 Å². The standard InChI is InChI=1S/C38H45N3O5/c1-22(2)41-34(32(23(3)39-41)37(43)45-8)27-18-26-19-28(44-7)15-17-29(26)35-33(24-12-10-9-11-13-24)30-16-14-25(20-31(30)40(35)21-27)36(42)46-38(4,5)6/h14-20,22,24H,9-13,21H2,1-8H3. The molecule has 0 atom stereocenters. The average molecular weight is 624 g/mol. The molecule has 0 spiro atoms. The van der Waals surface area contributed by atoms with Gasteiger partial charge in [-0.05, 0) is 113 Å². The zero-order chi connectivity index (χ0) is 32.9. The van der Waals surface area contributed by atoms with Crippen LogP contribution in [-0.2, 0) is 16.0 Å². The van der Waals surface area contributed by atoms with E-state index in [1.807, 2.05) is 50.6 Å². The summed E-state index contributed by atoms with van der Waals surface area (Å²) in [5, 5.41) is 5.97. The summed E-state index contributed by atoms with van der Waals surface area (Å²) in [5.41, 5.74) is 8.22. The van der Waals surface area contributed by atoms with E-state index in [0.29, 0.717) is 29.3 Å². The van der Waals surface area contributed by atoms with Crippen molar-refractivity contribution in [2.75, 3.05) is 14.2 Å². The van der Waals surface area contributed by atoms with Crippen molar-refractivity contribution in [3.63, 3.8) is 0 Å². The number of allylic oxidation sites excluding steroid dienone is 1. The second-order valence-corrected chi connectivity index (χ2v) is 13.9. The van der Waals surface area contributed by atoms with Crippen LogP contribution in [-0.4, -0.2) is 46.1 Å². The fourth-order valence-corrected chi connectivity index (χ4v) is 7.22. The first-order chi connectivity index (χ1) is 21.9. The summed E-state index contributed by atoms with van der Waals surface area (Å²) in [5.74, 6) is 0.390. The Morgan fingerprint density at radius 2 is 1.70 bits per heavy atom. The molecule has 0 unspecified atom stereocenters. The second kappa shape index (κ2) is 12.1. The van der Waals surface area contributed by atoms with Crippen molar-refractivity contribution in [3.8, 4) is 17.0 Å². The van der Waals surface area contributed by atoms with Gasteiger partial charge in [-0.3, -0.25) is 4.68 Å². The number of ether oxygens (including phenoxy) is 3. The zero-order valence-corrected chi connectivity index (χ0v) is 28.3. The Kier molecular flexibility index (Phi) is 8.34. The van der Waals surface area contributed by atoms with Crippen LogP contribution < -0.4 is 4.74 Å². The van der Waals surface area contributed by atoms with Gasteiger partial charge in [-0.1, -0.05) is 25.3 Å². The SMILES string of the molecule is COC(=O)c1c(C)nn(C(C)C)c1C1=Cc2cc(OC)ccc2-c2c(C3CCCCC3)c3ccc(C(=O)OC(C)(C)C)cc3n2C1. The highest BCUT2D eigenvalue weighted by Gasteiger charge is 2.33. The van der Waals surface area contributed by atoms with Crippen LogP contribution in [0.5, 0.6) is 5.75 Å². The minimum absolute atomic E-state index is 0.00140. The Hall–Kier alpha value is -4.33. The first kappa shape index (κ1) is 31.6. The van der Waals surface area contributed by atoms with E-state index in [9.17, 15) is 9.59 Å². The predicted molar refractivity (Wildman–Crippen MR) is 181 cm³/mol. The number of carbonyl (C=O) groups excluding carboxylic acids is 2. The fraction of sp³-hybridized carbons (Fsp3) is 0.447. The van der Waals surface area contributed by atoms with Crippen LogP contribution in [0.2, 0.25) is 0 Å². The maximum Gasteiger partial charge on any atom is 0.341 e. The number of rotatable bonds is 6. The molecule has 6 rings (SSSR count). The number of methoxy groups -OCH3 is 2. The van der Waals surface area contributed by atoms with Crippen LogP contribution in [0.15, 0.2) is 36.4 Å². The molecule has 1 aliphatic carbocycles. The topological polar surface area (TPSA) is 84.6 Å². The Bertz CT molecular complexity index is 1860. The van der Waals surface area contributed by atoms with Crippen LogP contribution >= 0.6 is 0 Å². The normalized spacial score (nSPS) is 15.3. The first-order valence-corrected chi connectivity index (χ1v) is 16.4. The van der Waals surface area contributed by atoms with Crippen LogP contribution in [0.3, 0.4) is 0 Å². The van der Waals surface area contributed by atoms with Crippen molar-refractivity contribution in [2.24, 2.45) is 0 Å². The van der Waals surface area contributed by atoms with Gasteiger partial charge in [0.2, 0.25) is 0 Å². The van der Waals surface area contributed by atoms with Gasteiger partial charge in [0.25, 0.3) is 0 Å². The Balaban J connectivity index is 1.68. The molecule has 0 bridgehead atoms. The number of aromatic nitrogens is 3. The molecule has 46 heavy (non-hydrogen) atoms. The van der Waals surface area contributed by atoms with Gasteiger partial charge in [-0.15, -0.1) is 0 Å². The number of fused-ring (bicyclic) bond motifs is 5. The lowest BCUT2D eigenvalue weighted by Gasteiger charge is -2.24. The van der Waals surface area contributed by atoms with Crippen molar-refractivity contribution < 1.29 is 23.8 Å². The molecule has 8 nitrogen and oxygen atoms in total. The zero-order valence-electron chi connectivity index (χ0n) is 28.3. The summed E-state index contributed by atoms with van der Waals surface area (Å²) in [6.45, 7) is 12.1. The van der Waals surface area contributed by atoms with Gasteiger partial charge in [0.1, 0.15) is 16.9 Å². The lowest BCUT2D eigenvalue weighted by atomic mass is 9.81. The third-order valence-corrected chi connectivity index (χ3v) is 9.19. The molecule has 1 fully saturated rings. The summed E-state index contributed by atoms with van der Waals surface area (Å²) >= 11 is 0. The third kappa shape index (κ3) is 5.63. The number of hydrogen-bond donors (Lipinski definition) is 0. The van der Waals surface area contributed by atoms with Gasteiger partial charge in [-0.2, -0.15) is 5.10 Å². The fourth-order valence-electron chi connectivity index (χ4n) is 7.22. The summed E-state index contributed by atoms with van der Waals surface area (Å²) in [4.78, 5) is 26.6. The molecule has 0 amide bonds. The molecule has 2 aromatic heterocycles. The Morgan fingerprint density at radius 3 is 2.35 bits per heavy atom. The number of carbonyl (C=O) groups is 2. The van der Waals surface area contributed by atoms with E-state index in [1.54, 1.807) is 7.11 Å². The van der Waals surface area contributed by atoms with E-state index in [0.717, 1.165) is 57.6 Å². The smallest absolute Gasteiger partial charge is 0.341 e. The molecule has 1 aliphatic heterocycles. The first-order valence-electron chi connectivity index (χ1n) is 16.4. The molecule has 8 heteroatoms. The van der Waals surface area contributed by atoms with Gasteiger partial charge >= 0.3 is 11.9 Å². The molecule has 1 saturated carbocycles. The quantitative estimate of drug-likeness (QED) is 0.200. The Labute approximate surface area is 271 Å². The Morgan fingerprint density at radius 1 is 0.957 bits per heavy atom. The van der Waals surface area contributed by atoms with Gasteiger partial charge in [0.05, 0.1) is 43.4 Å². The molecule has 3 heterocycles. The molecule has 0 radical (unpaired) electrons. The number of nitrogens with zero attached hydrogens (tertiary/aromatic N) is 3. The maximum absolute atomic E-state index is 13.4. The highest BCUT2D eigenvalue weighted by atomic mass is 16.6. The number of benzene rings is 2. The van der Waals surface area contributed by atoms with Crippen LogP contribution in [0.25, 0.3) is 33.8 Å². The van der Waals surface area contributed by atoms with E-state index >= 15 is 0 Å². The van der Waals surface area contributed by atoms with Crippen LogP contribution in [0.4, 0.5) is 0 Å². The van der Waals surface area contributed by atoms with Crippen molar-refractivity contribution in [2.45, 2.75) is 97.8 Å². The number of aryl methyl sites for hydroxylation is 1. The molecule has 2 aliphatic rings. The molecular formula is C38H45N3O5. The van der Waals surface area contributed by atoms with Crippen LogP contribution in [0.1, 0.15) is 122 Å². The van der Waals surface area contributed by atoms with Gasteiger partial charge < -0.3 is 18.8 Å². The van der Waals surface area contributed by atoms with E-state index in [-0.39, 0.29) is 12.0 Å². The largest absolute Gasteiger partial charge is 0.497 e. The molecule has 0 saturated heterocycles. The highest BCUT2D eigenvalue weighted by molar-refractivity contribution is 6.03. The van der Waals surface area contributed by atoms with Crippen molar-refractivity contribution in [3.05, 3.63) is 70.0 Å². The second-order valence-electron chi connectivity index (χ2n) is 13.9. The van der Waals surface area contributed by atoms with E-state index < -0.39 is 11.6 Å². The lowest BCUT2D eigenvalue weighted by molar-refractivity contribution is 0.00694. The summed E-state index contributed by atoms with van der Waals surface area (Å²) in [6.07, 6.45) is 8.06. The number of esters is 2. The van der Waals surface area contributed by atoms with Crippen molar-refractivity contribution in [1.29, 1.82) is 0 Å². The summed E-state index contributed by atoms with van der Waals surface area (Å²) in [6, 6.07) is 12.2. The summed E-state index contributed by atoms with van der Waals surface area (Å²) in [7, 11) is 3.09. The number of hydrogen-bond acceptors (Lipinski definition) is 6. The predicted octanol–water partition coefficient (Wildman–Crippen LogP) is 8.75. The minimum Gasteiger partial charge on any atom is -0.497 e. The minimum atomic E-state index is -0.610. The lowest BCUT2D eigenvalue weighted by Crippen LogP contribution is -2.23. The van der Waals surface area contributed by atoms with Gasteiger partial charge in [0.15, 0.2) is 0 Å². The van der Waals surface area contributed by atoms with E-state index in [2.05, 4.69) is 42.7 Å². The van der Waals surface area contributed by atoms with E-state index in [4.69, 9.17) is 19.3 Å². The average Bonchev–Trinajstić information content (AvgIpc) is 3.48. The highest BCUT2D eigenvalue weighted by Crippen LogP contribution is 2.48.